The van der Waals surface area contributed by atoms with Crippen molar-refractivity contribution >= 4 is 63.8 Å². The second kappa shape index (κ2) is 7.99. The zero-order valence-corrected chi connectivity index (χ0v) is 20.8. The minimum atomic E-state index is 1.20. The highest BCUT2D eigenvalue weighted by Crippen LogP contribution is 2.41. The van der Waals surface area contributed by atoms with E-state index in [9.17, 15) is 0 Å². The van der Waals surface area contributed by atoms with Crippen molar-refractivity contribution in [1.29, 1.82) is 0 Å². The van der Waals surface area contributed by atoms with Gasteiger partial charge in [-0.3, -0.25) is 4.98 Å². The lowest BCUT2D eigenvalue weighted by Gasteiger charge is -2.12. The summed E-state index contributed by atoms with van der Waals surface area (Å²) in [6.45, 7) is 0. The second-order valence-electron chi connectivity index (χ2n) is 9.59. The summed E-state index contributed by atoms with van der Waals surface area (Å²) in [7, 11) is 0. The Bertz CT molecular complexity index is 2120. The molecule has 0 aliphatic heterocycles. The Morgan fingerprint density at radius 1 is 0.432 bits per heavy atom. The number of fused-ring (bicyclic) bond motifs is 9. The van der Waals surface area contributed by atoms with E-state index in [1.54, 1.807) is 0 Å². The molecule has 0 bridgehead atoms. The third-order valence-electron chi connectivity index (χ3n) is 7.55. The zero-order chi connectivity index (χ0) is 24.3. The van der Waals surface area contributed by atoms with Gasteiger partial charge in [0.2, 0.25) is 0 Å². The highest BCUT2D eigenvalue weighted by Gasteiger charge is 2.12. The molecule has 0 atom stereocenters. The van der Waals surface area contributed by atoms with Crippen molar-refractivity contribution in [2.75, 3.05) is 0 Å². The molecule has 8 rings (SSSR count). The van der Waals surface area contributed by atoms with Gasteiger partial charge in [-0.1, -0.05) is 91.0 Å². The van der Waals surface area contributed by atoms with Crippen LogP contribution < -0.4 is 0 Å². The molecule has 0 saturated carbocycles. The number of pyridine rings is 1. The Morgan fingerprint density at radius 2 is 1.11 bits per heavy atom. The van der Waals surface area contributed by atoms with Crippen LogP contribution in [-0.4, -0.2) is 4.98 Å². The Morgan fingerprint density at radius 3 is 2.03 bits per heavy atom. The first-order valence-electron chi connectivity index (χ1n) is 12.5. The van der Waals surface area contributed by atoms with Crippen LogP contribution in [0.1, 0.15) is 0 Å². The van der Waals surface area contributed by atoms with Crippen LogP contribution in [0.5, 0.6) is 0 Å². The Balaban J connectivity index is 1.34. The predicted octanol–water partition coefficient (Wildman–Crippen LogP) is 10.2. The van der Waals surface area contributed by atoms with Crippen LogP contribution in [0.3, 0.4) is 0 Å². The van der Waals surface area contributed by atoms with Crippen molar-refractivity contribution in [3.63, 3.8) is 0 Å². The molecular formula is C35H21NS. The Hall–Kier alpha value is -4.53. The summed E-state index contributed by atoms with van der Waals surface area (Å²) in [5.74, 6) is 0. The molecule has 172 valence electrons. The lowest BCUT2D eigenvalue weighted by atomic mass is 9.92. The molecular weight excluding hydrogens is 466 g/mol. The number of benzene rings is 6. The number of hydrogen-bond donors (Lipinski definition) is 0. The summed E-state index contributed by atoms with van der Waals surface area (Å²) < 4.78 is 2.69. The van der Waals surface area contributed by atoms with Gasteiger partial charge in [-0.05, 0) is 73.5 Å². The van der Waals surface area contributed by atoms with E-state index in [2.05, 4.69) is 120 Å². The lowest BCUT2D eigenvalue weighted by Crippen LogP contribution is -1.86. The van der Waals surface area contributed by atoms with E-state index < -0.39 is 0 Å². The van der Waals surface area contributed by atoms with Gasteiger partial charge in [0.15, 0.2) is 0 Å². The first kappa shape index (κ1) is 20.6. The molecule has 0 N–H and O–H groups in total. The minimum absolute atomic E-state index is 1.20. The number of nitrogens with zero attached hydrogens (tertiary/aromatic N) is 1. The largest absolute Gasteiger partial charge is 0.264 e. The SMILES string of the molecule is c1cc(-c2ccc3c4ccccc4c4cnccc4c3c2)cc(-c2cccc3c2sc2ccccc23)c1. The van der Waals surface area contributed by atoms with Gasteiger partial charge in [0, 0.05) is 38.0 Å². The van der Waals surface area contributed by atoms with Crippen LogP contribution >= 0.6 is 11.3 Å². The van der Waals surface area contributed by atoms with Crippen molar-refractivity contribution in [1.82, 2.24) is 4.98 Å². The van der Waals surface area contributed by atoms with Gasteiger partial charge in [0.1, 0.15) is 0 Å². The van der Waals surface area contributed by atoms with Crippen LogP contribution in [-0.2, 0) is 0 Å². The Kier molecular flexibility index (Phi) is 4.46. The summed E-state index contributed by atoms with van der Waals surface area (Å²) in [6, 6.07) is 42.1. The van der Waals surface area contributed by atoms with Gasteiger partial charge in [-0.15, -0.1) is 11.3 Å². The molecule has 0 fully saturated rings. The highest BCUT2D eigenvalue weighted by molar-refractivity contribution is 7.26. The van der Waals surface area contributed by atoms with E-state index in [4.69, 9.17) is 0 Å². The molecule has 0 radical (unpaired) electrons. The molecule has 0 aliphatic carbocycles. The summed E-state index contributed by atoms with van der Waals surface area (Å²) in [4.78, 5) is 4.44. The average molecular weight is 488 g/mol. The molecule has 2 aromatic heterocycles. The van der Waals surface area contributed by atoms with Crippen molar-refractivity contribution in [2.45, 2.75) is 0 Å². The third kappa shape index (κ3) is 3.13. The normalized spacial score (nSPS) is 11.8. The van der Waals surface area contributed by atoms with E-state index in [0.717, 1.165) is 0 Å². The fourth-order valence-electron chi connectivity index (χ4n) is 5.82. The van der Waals surface area contributed by atoms with Crippen LogP contribution in [0.2, 0.25) is 0 Å². The number of rotatable bonds is 2. The van der Waals surface area contributed by atoms with E-state index in [1.807, 2.05) is 23.7 Å². The van der Waals surface area contributed by atoms with E-state index in [-0.39, 0.29) is 0 Å². The fourth-order valence-corrected chi connectivity index (χ4v) is 7.06. The van der Waals surface area contributed by atoms with Crippen molar-refractivity contribution in [2.24, 2.45) is 0 Å². The first-order valence-corrected chi connectivity index (χ1v) is 13.4. The van der Waals surface area contributed by atoms with Crippen LogP contribution in [0.15, 0.2) is 128 Å². The van der Waals surface area contributed by atoms with Gasteiger partial charge < -0.3 is 0 Å². The lowest BCUT2D eigenvalue weighted by molar-refractivity contribution is 1.37. The van der Waals surface area contributed by atoms with E-state index in [1.165, 1.54) is 74.7 Å². The maximum Gasteiger partial charge on any atom is 0.0433 e. The van der Waals surface area contributed by atoms with Crippen LogP contribution in [0.25, 0.3) is 74.7 Å². The summed E-state index contributed by atoms with van der Waals surface area (Å²) in [5.41, 5.74) is 5.00. The molecule has 2 heteroatoms. The topological polar surface area (TPSA) is 12.9 Å². The smallest absolute Gasteiger partial charge is 0.0433 e. The summed E-state index contributed by atoms with van der Waals surface area (Å²) in [6.07, 6.45) is 3.89. The molecule has 0 unspecified atom stereocenters. The standard InChI is InChI=1S/C35H21NS/c1-2-10-27-26(9-1)28-16-15-23(20-32(28)29-17-18-36-21-33(27)29)22-7-5-8-24(19-22)25-12-6-13-31-30-11-3-4-14-34(30)37-35(25)31/h1-21H. The molecule has 37 heavy (non-hydrogen) atoms. The predicted molar refractivity (Wildman–Crippen MR) is 161 cm³/mol. The monoisotopic (exact) mass is 487 g/mol. The van der Waals surface area contributed by atoms with Crippen molar-refractivity contribution in [3.05, 3.63) is 128 Å². The molecule has 0 aliphatic rings. The number of hydrogen-bond acceptors (Lipinski definition) is 2. The van der Waals surface area contributed by atoms with Gasteiger partial charge in [-0.25, -0.2) is 0 Å². The zero-order valence-electron chi connectivity index (χ0n) is 20.0. The molecule has 1 nitrogen and oxygen atoms in total. The summed E-state index contributed by atoms with van der Waals surface area (Å²) >= 11 is 1.88. The minimum Gasteiger partial charge on any atom is -0.264 e. The quantitative estimate of drug-likeness (QED) is 0.221. The van der Waals surface area contributed by atoms with Gasteiger partial charge in [0.25, 0.3) is 0 Å². The van der Waals surface area contributed by atoms with Crippen molar-refractivity contribution < 1.29 is 0 Å². The number of thiophene rings is 1. The molecule has 0 saturated heterocycles. The average Bonchev–Trinajstić information content (AvgIpc) is 3.36. The molecule has 8 aromatic rings. The maximum atomic E-state index is 4.44. The Labute approximate surface area is 218 Å². The molecule has 0 amide bonds. The maximum absolute atomic E-state index is 4.44. The fraction of sp³-hybridized carbons (Fsp3) is 0. The van der Waals surface area contributed by atoms with Crippen LogP contribution in [0, 0.1) is 0 Å². The molecule has 0 spiro atoms. The third-order valence-corrected chi connectivity index (χ3v) is 8.77. The number of aromatic nitrogens is 1. The summed E-state index contributed by atoms with van der Waals surface area (Å²) in [5, 5.41) is 10.2. The molecule has 6 aromatic carbocycles. The molecule has 2 heterocycles. The second-order valence-corrected chi connectivity index (χ2v) is 10.6. The van der Waals surface area contributed by atoms with Crippen molar-refractivity contribution in [3.8, 4) is 22.3 Å². The highest BCUT2D eigenvalue weighted by atomic mass is 32.1. The van der Waals surface area contributed by atoms with E-state index in [0.29, 0.717) is 0 Å². The van der Waals surface area contributed by atoms with Gasteiger partial charge >= 0.3 is 0 Å². The van der Waals surface area contributed by atoms with Crippen LogP contribution in [0.4, 0.5) is 0 Å². The van der Waals surface area contributed by atoms with Gasteiger partial charge in [-0.2, -0.15) is 0 Å². The first-order chi connectivity index (χ1) is 18.3. The van der Waals surface area contributed by atoms with E-state index >= 15 is 0 Å². The van der Waals surface area contributed by atoms with Gasteiger partial charge in [0.05, 0.1) is 0 Å².